The van der Waals surface area contributed by atoms with Gasteiger partial charge in [-0.3, -0.25) is 0 Å². The average molecular weight is 158 g/mol. The highest BCUT2D eigenvalue weighted by atomic mass is 16.6. The van der Waals surface area contributed by atoms with Crippen molar-refractivity contribution in [1.29, 1.82) is 0 Å². The van der Waals surface area contributed by atoms with E-state index in [9.17, 15) is 10.2 Å². The molecule has 1 saturated carbocycles. The Kier molecular flexibility index (Phi) is 1.50. The zero-order valence-corrected chi connectivity index (χ0v) is 6.66. The van der Waals surface area contributed by atoms with E-state index in [1.54, 1.807) is 0 Å². The van der Waals surface area contributed by atoms with Crippen LogP contribution in [0.25, 0.3) is 0 Å². The maximum atomic E-state index is 9.88. The highest BCUT2D eigenvalue weighted by molar-refractivity contribution is 5.08. The number of hydrogen-bond donors (Lipinski definition) is 2. The van der Waals surface area contributed by atoms with Gasteiger partial charge in [-0.2, -0.15) is 0 Å². The van der Waals surface area contributed by atoms with Crippen LogP contribution < -0.4 is 0 Å². The van der Waals surface area contributed by atoms with Gasteiger partial charge in [-0.25, -0.2) is 0 Å². The van der Waals surface area contributed by atoms with Gasteiger partial charge in [-0.15, -0.1) is 0 Å². The molecule has 2 rings (SSSR count). The number of hydrogen-bond acceptors (Lipinski definition) is 3. The van der Waals surface area contributed by atoms with E-state index in [4.69, 9.17) is 4.74 Å². The summed E-state index contributed by atoms with van der Waals surface area (Å²) in [6.45, 7) is 1.88. The maximum absolute atomic E-state index is 9.88. The minimum absolute atomic E-state index is 0.0868. The molecule has 11 heavy (non-hydrogen) atoms. The van der Waals surface area contributed by atoms with Crippen molar-refractivity contribution in [3.63, 3.8) is 0 Å². The van der Waals surface area contributed by atoms with E-state index in [1.807, 2.05) is 6.92 Å². The van der Waals surface area contributed by atoms with Crippen LogP contribution in [0.1, 0.15) is 26.2 Å². The van der Waals surface area contributed by atoms with E-state index in [-0.39, 0.29) is 12.2 Å². The van der Waals surface area contributed by atoms with Crippen molar-refractivity contribution < 1.29 is 14.9 Å². The molecule has 3 nitrogen and oxygen atoms in total. The van der Waals surface area contributed by atoms with E-state index in [0.717, 1.165) is 6.42 Å². The lowest BCUT2D eigenvalue weighted by molar-refractivity contribution is -0.100. The number of aliphatic hydroxyl groups is 2. The lowest BCUT2D eigenvalue weighted by Crippen LogP contribution is -2.50. The van der Waals surface area contributed by atoms with Crippen LogP contribution in [0.2, 0.25) is 0 Å². The molecule has 0 aromatic heterocycles. The lowest BCUT2D eigenvalue weighted by atomic mass is 9.80. The third-order valence-electron chi connectivity index (χ3n) is 2.94. The van der Waals surface area contributed by atoms with Gasteiger partial charge in [0.15, 0.2) is 0 Å². The molecule has 2 aliphatic rings. The third-order valence-corrected chi connectivity index (χ3v) is 2.94. The Morgan fingerprint density at radius 2 is 2.27 bits per heavy atom. The molecule has 0 bridgehead atoms. The predicted octanol–water partition coefficient (Wildman–Crippen LogP) is 0.0496. The van der Waals surface area contributed by atoms with Gasteiger partial charge in [0.2, 0.25) is 0 Å². The first kappa shape index (κ1) is 7.53. The monoisotopic (exact) mass is 158 g/mol. The minimum Gasteiger partial charge on any atom is -0.390 e. The molecule has 1 aliphatic heterocycles. The molecule has 64 valence electrons. The molecule has 0 aromatic carbocycles. The highest BCUT2D eigenvalue weighted by Crippen LogP contribution is 2.44. The second-order valence-corrected chi connectivity index (χ2v) is 3.53. The van der Waals surface area contributed by atoms with Gasteiger partial charge in [-0.1, -0.05) is 6.92 Å². The van der Waals surface area contributed by atoms with Crippen LogP contribution in [0.3, 0.4) is 0 Å². The summed E-state index contributed by atoms with van der Waals surface area (Å²) in [4.78, 5) is 0. The Morgan fingerprint density at radius 3 is 2.82 bits per heavy atom. The molecule has 4 atom stereocenters. The summed E-state index contributed by atoms with van der Waals surface area (Å²) in [5.74, 6) is 0. The van der Waals surface area contributed by atoms with Crippen molar-refractivity contribution in [2.75, 3.05) is 0 Å². The first-order valence-corrected chi connectivity index (χ1v) is 4.24. The van der Waals surface area contributed by atoms with Crippen LogP contribution in [0, 0.1) is 0 Å². The molecule has 3 heteroatoms. The van der Waals surface area contributed by atoms with Crippen molar-refractivity contribution in [1.82, 2.24) is 0 Å². The summed E-state index contributed by atoms with van der Waals surface area (Å²) < 4.78 is 5.24. The molecular formula is C8H14O3. The van der Waals surface area contributed by atoms with Crippen LogP contribution in [0.4, 0.5) is 0 Å². The van der Waals surface area contributed by atoms with Crippen LogP contribution >= 0.6 is 0 Å². The summed E-state index contributed by atoms with van der Waals surface area (Å²) in [5, 5.41) is 19.4. The van der Waals surface area contributed by atoms with E-state index in [2.05, 4.69) is 0 Å². The van der Waals surface area contributed by atoms with E-state index < -0.39 is 11.7 Å². The molecule has 2 N–H and O–H groups in total. The average Bonchev–Trinajstić information content (AvgIpc) is 2.77. The molecule has 0 aromatic rings. The lowest BCUT2D eigenvalue weighted by Gasteiger charge is -2.33. The van der Waals surface area contributed by atoms with Crippen molar-refractivity contribution in [2.24, 2.45) is 0 Å². The van der Waals surface area contributed by atoms with Gasteiger partial charge in [0.1, 0.15) is 11.7 Å². The smallest absolute Gasteiger partial charge is 0.119 e. The highest BCUT2D eigenvalue weighted by Gasteiger charge is 2.59. The number of epoxide rings is 1. The van der Waals surface area contributed by atoms with Crippen molar-refractivity contribution in [3.8, 4) is 0 Å². The van der Waals surface area contributed by atoms with Gasteiger partial charge in [0, 0.05) is 0 Å². The largest absolute Gasteiger partial charge is 0.390 e. The molecule has 0 unspecified atom stereocenters. The van der Waals surface area contributed by atoms with E-state index >= 15 is 0 Å². The summed E-state index contributed by atoms with van der Waals surface area (Å²) in [6, 6.07) is 0. The summed E-state index contributed by atoms with van der Waals surface area (Å²) in [6.07, 6.45) is 1.70. The Morgan fingerprint density at radius 1 is 1.55 bits per heavy atom. The normalized spacial score (nSPS) is 55.4. The van der Waals surface area contributed by atoms with Gasteiger partial charge < -0.3 is 14.9 Å². The maximum Gasteiger partial charge on any atom is 0.119 e. The molecule has 1 heterocycles. The predicted molar refractivity (Wildman–Crippen MR) is 39.1 cm³/mol. The molecule has 1 aliphatic carbocycles. The Hall–Kier alpha value is -0.120. The third kappa shape index (κ3) is 0.916. The zero-order valence-electron chi connectivity index (χ0n) is 6.66. The van der Waals surface area contributed by atoms with Gasteiger partial charge in [0.05, 0.1) is 12.2 Å². The summed E-state index contributed by atoms with van der Waals surface area (Å²) in [5.41, 5.74) is -0.955. The van der Waals surface area contributed by atoms with Crippen LogP contribution in [0.5, 0.6) is 0 Å². The fourth-order valence-electron chi connectivity index (χ4n) is 2.00. The van der Waals surface area contributed by atoms with Crippen molar-refractivity contribution >= 4 is 0 Å². The van der Waals surface area contributed by atoms with Crippen LogP contribution in [0.15, 0.2) is 0 Å². The Bertz CT molecular complexity index is 167. The van der Waals surface area contributed by atoms with Crippen LogP contribution in [-0.2, 0) is 4.74 Å². The molecular weight excluding hydrogens is 144 g/mol. The fraction of sp³-hybridized carbons (Fsp3) is 1.00. The quantitative estimate of drug-likeness (QED) is 0.530. The number of ether oxygens (including phenoxy) is 1. The van der Waals surface area contributed by atoms with Gasteiger partial charge >= 0.3 is 0 Å². The van der Waals surface area contributed by atoms with E-state index in [1.165, 1.54) is 0 Å². The zero-order chi connectivity index (χ0) is 8.06. The van der Waals surface area contributed by atoms with Gasteiger partial charge in [0.25, 0.3) is 0 Å². The van der Waals surface area contributed by atoms with E-state index in [0.29, 0.717) is 12.8 Å². The van der Waals surface area contributed by atoms with Crippen molar-refractivity contribution in [2.45, 2.75) is 50.1 Å². The fourth-order valence-corrected chi connectivity index (χ4v) is 2.00. The Balaban J connectivity index is 2.15. The number of rotatable bonds is 1. The Labute approximate surface area is 66.0 Å². The SMILES string of the molecule is CC[C@@]1(O)[C@@H](O)CC[C@@H]2O[C@@H]21. The topological polar surface area (TPSA) is 53.0 Å². The number of fused-ring (bicyclic) bond motifs is 1. The molecule has 0 spiro atoms. The molecule has 2 fully saturated rings. The molecule has 0 amide bonds. The second-order valence-electron chi connectivity index (χ2n) is 3.53. The molecule has 0 radical (unpaired) electrons. The van der Waals surface area contributed by atoms with Crippen LogP contribution in [-0.4, -0.2) is 34.1 Å². The first-order chi connectivity index (χ1) is 5.18. The minimum atomic E-state index is -0.955. The summed E-state index contributed by atoms with van der Waals surface area (Å²) >= 11 is 0. The number of aliphatic hydroxyl groups excluding tert-OH is 1. The molecule has 1 saturated heterocycles. The second kappa shape index (κ2) is 2.19. The first-order valence-electron chi connectivity index (χ1n) is 4.24. The van der Waals surface area contributed by atoms with Crippen molar-refractivity contribution in [3.05, 3.63) is 0 Å². The standard InChI is InChI=1S/C8H14O3/c1-2-8(10)6(9)4-3-5-7(8)11-5/h5-7,9-10H,2-4H2,1H3/t5-,6-,7-,8+/m0/s1. The summed E-state index contributed by atoms with van der Waals surface area (Å²) in [7, 11) is 0. The van der Waals surface area contributed by atoms with Gasteiger partial charge in [-0.05, 0) is 19.3 Å².